The van der Waals surface area contributed by atoms with Crippen molar-refractivity contribution in [2.45, 2.75) is 31.4 Å². The molecule has 8 heteroatoms. The highest BCUT2D eigenvalue weighted by Gasteiger charge is 2.34. The Bertz CT molecular complexity index is 345. The fraction of sp³-hybridized carbons (Fsp3) is 0.750. The molecule has 0 aliphatic carbocycles. The van der Waals surface area contributed by atoms with Gasteiger partial charge in [0.05, 0.1) is 13.0 Å². The lowest BCUT2D eigenvalue weighted by Crippen LogP contribution is -2.34. The maximum absolute atomic E-state index is 11.2. The molecule has 0 aliphatic heterocycles. The normalized spacial score (nSPS) is 13.1. The molecule has 0 aromatic rings. The van der Waals surface area contributed by atoms with E-state index in [0.717, 1.165) is 6.42 Å². The molecular formula is C8H14O7S. The van der Waals surface area contributed by atoms with E-state index in [1.54, 1.807) is 0 Å². The molecule has 0 fully saturated rings. The second kappa shape index (κ2) is 6.44. The van der Waals surface area contributed by atoms with E-state index in [0.29, 0.717) is 6.42 Å². The average Bonchev–Trinajstić information content (AvgIpc) is 2.12. The minimum Gasteiger partial charge on any atom is -0.481 e. The van der Waals surface area contributed by atoms with Crippen molar-refractivity contribution in [3.63, 3.8) is 0 Å². The summed E-state index contributed by atoms with van der Waals surface area (Å²) in [5.74, 6) is -2.74. The third-order valence-electron chi connectivity index (χ3n) is 1.72. The fourth-order valence-corrected chi connectivity index (χ4v) is 1.54. The smallest absolute Gasteiger partial charge is 0.327 e. The third kappa shape index (κ3) is 5.66. The number of rotatable bonds is 7. The molecule has 0 aliphatic rings. The van der Waals surface area contributed by atoms with Gasteiger partial charge >= 0.3 is 11.9 Å². The van der Waals surface area contributed by atoms with Gasteiger partial charge in [0.25, 0.3) is 10.1 Å². The number of carboxylic acid groups (broad SMARTS) is 1. The van der Waals surface area contributed by atoms with Crippen LogP contribution in [0, 0.1) is 0 Å². The van der Waals surface area contributed by atoms with Gasteiger partial charge in [-0.15, -0.1) is 0 Å². The van der Waals surface area contributed by atoms with Crippen LogP contribution in [0.3, 0.4) is 0 Å². The van der Waals surface area contributed by atoms with Crippen molar-refractivity contribution in [2.24, 2.45) is 0 Å². The molecule has 0 radical (unpaired) electrons. The zero-order chi connectivity index (χ0) is 12.8. The summed E-state index contributed by atoms with van der Waals surface area (Å²) in [6.45, 7) is 1.84. The molecule has 0 saturated carbocycles. The van der Waals surface area contributed by atoms with Crippen molar-refractivity contribution in [1.29, 1.82) is 0 Å². The predicted molar refractivity (Wildman–Crippen MR) is 53.5 cm³/mol. The maximum Gasteiger partial charge on any atom is 0.327 e. The van der Waals surface area contributed by atoms with Crippen LogP contribution in [-0.4, -0.2) is 41.9 Å². The Balaban J connectivity index is 4.52. The Morgan fingerprint density at radius 3 is 2.31 bits per heavy atom. The molecular weight excluding hydrogens is 240 g/mol. The number of carbonyl (C=O) groups excluding carboxylic acids is 1. The quantitative estimate of drug-likeness (QED) is 0.374. The summed E-state index contributed by atoms with van der Waals surface area (Å²) >= 11 is 0. The minimum atomic E-state index is -4.75. The number of hydrogen-bond acceptors (Lipinski definition) is 5. The molecule has 0 aromatic heterocycles. The first-order valence-electron chi connectivity index (χ1n) is 4.63. The highest BCUT2D eigenvalue weighted by atomic mass is 32.2. The summed E-state index contributed by atoms with van der Waals surface area (Å²) in [5, 5.41) is 6.33. The van der Waals surface area contributed by atoms with Crippen molar-refractivity contribution in [1.82, 2.24) is 0 Å². The molecule has 1 atom stereocenters. The topological polar surface area (TPSA) is 118 Å². The van der Waals surface area contributed by atoms with Crippen molar-refractivity contribution in [3.05, 3.63) is 0 Å². The lowest BCUT2D eigenvalue weighted by atomic mass is 10.3. The first-order valence-corrected chi connectivity index (χ1v) is 6.14. The first kappa shape index (κ1) is 14.8. The molecule has 0 spiro atoms. The lowest BCUT2D eigenvalue weighted by Gasteiger charge is -2.10. The van der Waals surface area contributed by atoms with Gasteiger partial charge in [0.15, 0.2) is 5.25 Å². The summed E-state index contributed by atoms with van der Waals surface area (Å²) in [6.07, 6.45) is 0.267. The van der Waals surface area contributed by atoms with Gasteiger partial charge < -0.3 is 9.84 Å². The van der Waals surface area contributed by atoms with Crippen LogP contribution in [0.1, 0.15) is 26.2 Å². The van der Waals surface area contributed by atoms with E-state index in [1.807, 2.05) is 6.92 Å². The molecule has 0 aromatic carbocycles. The third-order valence-corrected chi connectivity index (χ3v) is 2.80. The summed E-state index contributed by atoms with van der Waals surface area (Å²) < 4.78 is 34.7. The predicted octanol–water partition coefficient (Wildman–Crippen LogP) is 0.0608. The Labute approximate surface area is 93.2 Å². The van der Waals surface area contributed by atoms with Crippen LogP contribution in [0.15, 0.2) is 0 Å². The molecule has 2 N–H and O–H groups in total. The van der Waals surface area contributed by atoms with Gasteiger partial charge in [-0.3, -0.25) is 14.1 Å². The van der Waals surface area contributed by atoms with Crippen LogP contribution >= 0.6 is 0 Å². The molecule has 7 nitrogen and oxygen atoms in total. The molecule has 94 valence electrons. The minimum absolute atomic E-state index is 0.000965. The largest absolute Gasteiger partial charge is 0.481 e. The molecule has 16 heavy (non-hydrogen) atoms. The number of ether oxygens (including phenoxy) is 1. The first-order chi connectivity index (χ1) is 7.29. The van der Waals surface area contributed by atoms with Crippen molar-refractivity contribution >= 4 is 22.1 Å². The van der Waals surface area contributed by atoms with E-state index in [9.17, 15) is 18.0 Å². The van der Waals surface area contributed by atoms with Crippen LogP contribution in [0.2, 0.25) is 0 Å². The monoisotopic (exact) mass is 254 g/mol. The summed E-state index contributed by atoms with van der Waals surface area (Å²) in [7, 11) is -4.75. The molecule has 0 amide bonds. The fourth-order valence-electron chi connectivity index (χ4n) is 0.879. The van der Waals surface area contributed by atoms with E-state index in [1.165, 1.54) is 0 Å². The van der Waals surface area contributed by atoms with Gasteiger partial charge in [0.1, 0.15) is 0 Å². The molecule has 0 saturated heterocycles. The van der Waals surface area contributed by atoms with E-state index in [-0.39, 0.29) is 6.61 Å². The van der Waals surface area contributed by atoms with E-state index >= 15 is 0 Å². The zero-order valence-corrected chi connectivity index (χ0v) is 9.57. The SMILES string of the molecule is CCCCOC(=O)C(CC(=O)O)S(=O)(=O)O. The van der Waals surface area contributed by atoms with Crippen LogP contribution in [-0.2, 0) is 24.4 Å². The van der Waals surface area contributed by atoms with Crippen LogP contribution in [0.4, 0.5) is 0 Å². The number of carbonyl (C=O) groups is 2. The van der Waals surface area contributed by atoms with E-state index < -0.39 is 33.7 Å². The Morgan fingerprint density at radius 1 is 1.38 bits per heavy atom. The van der Waals surface area contributed by atoms with Crippen molar-refractivity contribution < 1.29 is 32.4 Å². The molecule has 0 rings (SSSR count). The van der Waals surface area contributed by atoms with Crippen LogP contribution < -0.4 is 0 Å². The van der Waals surface area contributed by atoms with Gasteiger partial charge in [0, 0.05) is 0 Å². The van der Waals surface area contributed by atoms with Crippen LogP contribution in [0.5, 0.6) is 0 Å². The number of carboxylic acids is 1. The van der Waals surface area contributed by atoms with Gasteiger partial charge in [-0.2, -0.15) is 8.42 Å². The molecule has 0 bridgehead atoms. The number of esters is 1. The summed E-state index contributed by atoms with van der Waals surface area (Å²) in [4.78, 5) is 21.5. The number of hydrogen-bond donors (Lipinski definition) is 2. The second-order valence-corrected chi connectivity index (χ2v) is 4.72. The standard InChI is InChI=1S/C8H14O7S/c1-2-3-4-15-8(11)6(5-7(9)10)16(12,13)14/h6H,2-5H2,1H3,(H,9,10)(H,12,13,14). The van der Waals surface area contributed by atoms with Gasteiger partial charge in [-0.05, 0) is 6.42 Å². The van der Waals surface area contributed by atoms with E-state index in [4.69, 9.17) is 9.66 Å². The summed E-state index contributed by atoms with van der Waals surface area (Å²) in [6, 6.07) is 0. The van der Waals surface area contributed by atoms with E-state index in [2.05, 4.69) is 4.74 Å². The Kier molecular flexibility index (Phi) is 5.97. The Hall–Kier alpha value is -1.15. The maximum atomic E-state index is 11.2. The lowest BCUT2D eigenvalue weighted by molar-refractivity contribution is -0.147. The summed E-state index contributed by atoms with van der Waals surface area (Å²) in [5.41, 5.74) is 0. The molecule has 0 heterocycles. The highest BCUT2D eigenvalue weighted by molar-refractivity contribution is 7.87. The average molecular weight is 254 g/mol. The highest BCUT2D eigenvalue weighted by Crippen LogP contribution is 2.07. The van der Waals surface area contributed by atoms with Crippen molar-refractivity contribution in [3.8, 4) is 0 Å². The Morgan fingerprint density at radius 2 is 1.94 bits per heavy atom. The van der Waals surface area contributed by atoms with Crippen LogP contribution in [0.25, 0.3) is 0 Å². The zero-order valence-electron chi connectivity index (χ0n) is 8.75. The number of aliphatic carboxylic acids is 1. The number of unbranched alkanes of at least 4 members (excludes halogenated alkanes) is 1. The van der Waals surface area contributed by atoms with Gasteiger partial charge in [0.2, 0.25) is 0 Å². The molecule has 1 unspecified atom stereocenters. The van der Waals surface area contributed by atoms with Gasteiger partial charge in [-0.25, -0.2) is 0 Å². The van der Waals surface area contributed by atoms with Gasteiger partial charge in [-0.1, -0.05) is 13.3 Å². The second-order valence-electron chi connectivity index (χ2n) is 3.12. The van der Waals surface area contributed by atoms with Crippen molar-refractivity contribution in [2.75, 3.05) is 6.61 Å².